The standard InChI is InChI=1S/C27H26FN3O2/c1-18-7-6-9-22(17-18)29-26(32)16-15-24-20(3)30-31(23-13-11-21(28)12-14-23)27(24)33-25-10-5-4-8-19(25)2/h4-14,17H,15-16H2,1-3H3,(H,29,32). The van der Waals surface area contributed by atoms with E-state index >= 15 is 0 Å². The minimum Gasteiger partial charge on any atom is -0.438 e. The lowest BCUT2D eigenvalue weighted by molar-refractivity contribution is -0.116. The van der Waals surface area contributed by atoms with Gasteiger partial charge in [0.05, 0.1) is 11.4 Å². The van der Waals surface area contributed by atoms with Crippen LogP contribution in [0.3, 0.4) is 0 Å². The summed E-state index contributed by atoms with van der Waals surface area (Å²) in [7, 11) is 0. The quantitative estimate of drug-likeness (QED) is 0.365. The topological polar surface area (TPSA) is 56.2 Å². The molecule has 0 fully saturated rings. The predicted molar refractivity (Wildman–Crippen MR) is 128 cm³/mol. The van der Waals surface area contributed by atoms with Crippen molar-refractivity contribution in [2.75, 3.05) is 5.32 Å². The van der Waals surface area contributed by atoms with Gasteiger partial charge in [0.25, 0.3) is 0 Å². The number of benzene rings is 3. The van der Waals surface area contributed by atoms with E-state index < -0.39 is 0 Å². The third kappa shape index (κ3) is 5.29. The normalized spacial score (nSPS) is 10.8. The van der Waals surface area contributed by atoms with Crippen LogP contribution in [0.2, 0.25) is 0 Å². The smallest absolute Gasteiger partial charge is 0.226 e. The molecule has 6 heteroatoms. The molecule has 0 aliphatic rings. The molecule has 0 saturated carbocycles. The summed E-state index contributed by atoms with van der Waals surface area (Å²) in [6.45, 7) is 5.84. The van der Waals surface area contributed by atoms with Gasteiger partial charge in [0.2, 0.25) is 11.8 Å². The van der Waals surface area contributed by atoms with E-state index in [1.807, 2.05) is 69.3 Å². The summed E-state index contributed by atoms with van der Waals surface area (Å²) in [4.78, 5) is 12.6. The molecule has 3 aromatic carbocycles. The summed E-state index contributed by atoms with van der Waals surface area (Å²) in [5.74, 6) is 0.816. The molecular weight excluding hydrogens is 417 g/mol. The molecule has 1 N–H and O–H groups in total. The Morgan fingerprint density at radius 2 is 1.76 bits per heavy atom. The number of aromatic nitrogens is 2. The highest BCUT2D eigenvalue weighted by Gasteiger charge is 2.20. The maximum atomic E-state index is 13.5. The van der Waals surface area contributed by atoms with Crippen LogP contribution in [0.1, 0.15) is 28.8 Å². The number of rotatable bonds is 7. The molecule has 4 rings (SSSR count). The van der Waals surface area contributed by atoms with Crippen molar-refractivity contribution in [2.45, 2.75) is 33.6 Å². The second kappa shape index (κ2) is 9.69. The van der Waals surface area contributed by atoms with Crippen LogP contribution >= 0.6 is 0 Å². The molecule has 0 saturated heterocycles. The number of halogens is 1. The van der Waals surface area contributed by atoms with Crippen molar-refractivity contribution < 1.29 is 13.9 Å². The van der Waals surface area contributed by atoms with Crippen molar-refractivity contribution in [3.05, 3.63) is 101 Å². The molecule has 4 aromatic rings. The maximum Gasteiger partial charge on any atom is 0.226 e. The Labute approximate surface area is 192 Å². The Morgan fingerprint density at radius 1 is 1.00 bits per heavy atom. The summed E-state index contributed by atoms with van der Waals surface area (Å²) in [6.07, 6.45) is 0.722. The number of amides is 1. The van der Waals surface area contributed by atoms with Gasteiger partial charge >= 0.3 is 0 Å². The lowest BCUT2D eigenvalue weighted by Gasteiger charge is -2.13. The third-order valence-corrected chi connectivity index (χ3v) is 5.41. The monoisotopic (exact) mass is 443 g/mol. The molecular formula is C27H26FN3O2. The summed E-state index contributed by atoms with van der Waals surface area (Å²) in [5, 5.41) is 7.59. The van der Waals surface area contributed by atoms with Crippen molar-refractivity contribution in [3.8, 4) is 17.3 Å². The van der Waals surface area contributed by atoms with Gasteiger partial charge in [0.15, 0.2) is 0 Å². The van der Waals surface area contributed by atoms with Gasteiger partial charge in [-0.05, 0) is 80.8 Å². The maximum absolute atomic E-state index is 13.5. The van der Waals surface area contributed by atoms with E-state index in [0.29, 0.717) is 23.7 Å². The van der Waals surface area contributed by atoms with E-state index in [2.05, 4.69) is 10.4 Å². The fourth-order valence-corrected chi connectivity index (χ4v) is 3.65. The number of carbonyl (C=O) groups is 1. The Bertz CT molecular complexity index is 1280. The van der Waals surface area contributed by atoms with E-state index in [1.165, 1.54) is 12.1 Å². The van der Waals surface area contributed by atoms with Crippen molar-refractivity contribution in [1.82, 2.24) is 9.78 Å². The molecule has 1 heterocycles. The number of nitrogens with one attached hydrogen (secondary N) is 1. The second-order valence-corrected chi connectivity index (χ2v) is 8.04. The van der Waals surface area contributed by atoms with Crippen molar-refractivity contribution in [2.24, 2.45) is 0 Å². The average molecular weight is 444 g/mol. The SMILES string of the molecule is Cc1cccc(NC(=O)CCc2c(C)nn(-c3ccc(F)cc3)c2Oc2ccccc2C)c1. The van der Waals surface area contributed by atoms with Gasteiger partial charge in [-0.2, -0.15) is 5.10 Å². The Balaban J connectivity index is 1.63. The number of aryl methyl sites for hydroxylation is 3. The van der Waals surface area contributed by atoms with Crippen LogP contribution in [0.4, 0.5) is 10.1 Å². The second-order valence-electron chi connectivity index (χ2n) is 8.04. The third-order valence-electron chi connectivity index (χ3n) is 5.41. The largest absolute Gasteiger partial charge is 0.438 e. The van der Waals surface area contributed by atoms with E-state index in [4.69, 9.17) is 4.74 Å². The molecule has 168 valence electrons. The molecule has 0 atom stereocenters. The van der Waals surface area contributed by atoms with Crippen LogP contribution in [-0.2, 0) is 11.2 Å². The van der Waals surface area contributed by atoms with Gasteiger partial charge in [0.1, 0.15) is 11.6 Å². The number of nitrogens with zero attached hydrogens (tertiary/aromatic N) is 2. The van der Waals surface area contributed by atoms with Crippen LogP contribution in [0.25, 0.3) is 5.69 Å². The number of hydrogen-bond donors (Lipinski definition) is 1. The van der Waals surface area contributed by atoms with Crippen LogP contribution in [0.15, 0.2) is 72.8 Å². The van der Waals surface area contributed by atoms with Crippen LogP contribution in [0, 0.1) is 26.6 Å². The van der Waals surface area contributed by atoms with Crippen molar-refractivity contribution in [1.29, 1.82) is 0 Å². The Kier molecular flexibility index (Phi) is 6.54. The van der Waals surface area contributed by atoms with E-state index in [-0.39, 0.29) is 18.1 Å². The highest BCUT2D eigenvalue weighted by molar-refractivity contribution is 5.90. The molecule has 0 unspecified atom stereocenters. The molecule has 0 bridgehead atoms. The number of para-hydroxylation sites is 1. The molecule has 0 aliphatic carbocycles. The van der Waals surface area contributed by atoms with Crippen LogP contribution in [0.5, 0.6) is 11.6 Å². The first kappa shape index (κ1) is 22.3. The fourth-order valence-electron chi connectivity index (χ4n) is 3.65. The van der Waals surface area contributed by atoms with Gasteiger partial charge < -0.3 is 10.1 Å². The predicted octanol–water partition coefficient (Wildman–Crippen LogP) is 6.30. The number of carbonyl (C=O) groups excluding carboxylic acids is 1. The van der Waals surface area contributed by atoms with Crippen LogP contribution in [-0.4, -0.2) is 15.7 Å². The number of hydrogen-bond acceptors (Lipinski definition) is 3. The van der Waals surface area contributed by atoms with Gasteiger partial charge in [0, 0.05) is 17.7 Å². The van der Waals surface area contributed by atoms with Gasteiger partial charge in [-0.15, -0.1) is 0 Å². The van der Waals surface area contributed by atoms with Gasteiger partial charge in [-0.3, -0.25) is 4.79 Å². The fraction of sp³-hybridized carbons (Fsp3) is 0.185. The molecule has 0 radical (unpaired) electrons. The van der Waals surface area contributed by atoms with Crippen molar-refractivity contribution >= 4 is 11.6 Å². The number of anilines is 1. The zero-order chi connectivity index (χ0) is 23.4. The zero-order valence-corrected chi connectivity index (χ0v) is 18.9. The van der Waals surface area contributed by atoms with E-state index in [9.17, 15) is 9.18 Å². The van der Waals surface area contributed by atoms with Gasteiger partial charge in [-0.1, -0.05) is 30.3 Å². The summed E-state index contributed by atoms with van der Waals surface area (Å²) >= 11 is 0. The lowest BCUT2D eigenvalue weighted by Crippen LogP contribution is -2.12. The minimum absolute atomic E-state index is 0.0867. The molecule has 0 spiro atoms. The summed E-state index contributed by atoms with van der Waals surface area (Å²) in [6, 6.07) is 21.5. The molecule has 33 heavy (non-hydrogen) atoms. The summed E-state index contributed by atoms with van der Waals surface area (Å²) in [5.41, 5.74) is 5.10. The summed E-state index contributed by atoms with van der Waals surface area (Å²) < 4.78 is 21.5. The first-order valence-electron chi connectivity index (χ1n) is 10.8. The lowest BCUT2D eigenvalue weighted by atomic mass is 10.1. The Morgan fingerprint density at radius 3 is 2.48 bits per heavy atom. The zero-order valence-electron chi connectivity index (χ0n) is 18.9. The molecule has 0 aliphatic heterocycles. The van der Waals surface area contributed by atoms with E-state index in [1.54, 1.807) is 16.8 Å². The Hall–Kier alpha value is -3.93. The highest BCUT2D eigenvalue weighted by atomic mass is 19.1. The first-order chi connectivity index (χ1) is 15.9. The van der Waals surface area contributed by atoms with Crippen molar-refractivity contribution in [3.63, 3.8) is 0 Å². The van der Waals surface area contributed by atoms with E-state index in [0.717, 1.165) is 28.1 Å². The molecule has 5 nitrogen and oxygen atoms in total. The number of ether oxygens (including phenoxy) is 1. The average Bonchev–Trinajstić information content (AvgIpc) is 3.09. The molecule has 1 amide bonds. The molecule has 1 aromatic heterocycles. The first-order valence-corrected chi connectivity index (χ1v) is 10.8. The van der Waals surface area contributed by atoms with Crippen LogP contribution < -0.4 is 10.1 Å². The highest BCUT2D eigenvalue weighted by Crippen LogP contribution is 2.33. The van der Waals surface area contributed by atoms with Gasteiger partial charge in [-0.25, -0.2) is 9.07 Å². The minimum atomic E-state index is -0.322.